The summed E-state index contributed by atoms with van der Waals surface area (Å²) in [5, 5.41) is 0.642. The van der Waals surface area contributed by atoms with Gasteiger partial charge in [-0.1, -0.05) is 36.2 Å². The van der Waals surface area contributed by atoms with Gasteiger partial charge < -0.3 is 4.74 Å². The highest BCUT2D eigenvalue weighted by Gasteiger charge is 2.50. The number of rotatable bonds is 3. The normalized spacial score (nSPS) is 23.8. The minimum absolute atomic E-state index is 0.180. The molecule has 0 bridgehead atoms. The maximum Gasteiger partial charge on any atom is 0.343 e. The summed E-state index contributed by atoms with van der Waals surface area (Å²) in [7, 11) is 0. The summed E-state index contributed by atoms with van der Waals surface area (Å²) >= 11 is 11.9. The zero-order chi connectivity index (χ0) is 20.7. The SMILES string of the molecule is C[C@@H]1CC[C@H]2C(=O)N(c3cccc(C(=O)Oc4ccc(Cl)cc4Cl)c3)C(=O)[C@@H]2C1. The standard InChI is InChI=1S/C22H19Cl2NO4/c1-12-5-7-16-17(9-12)21(27)25(20(16)26)15-4-2-3-13(10-15)22(28)29-19-8-6-14(23)11-18(19)24/h2-4,6,8,10-12,16-17H,5,7,9H2,1H3/t12-,16-,17-/m1/s1. The number of nitrogens with zero attached hydrogens (tertiary/aromatic N) is 1. The van der Waals surface area contributed by atoms with Crippen molar-refractivity contribution in [3.05, 3.63) is 58.1 Å². The number of imide groups is 1. The molecule has 0 N–H and O–H groups in total. The summed E-state index contributed by atoms with van der Waals surface area (Å²) < 4.78 is 5.35. The van der Waals surface area contributed by atoms with Crippen molar-refractivity contribution in [2.24, 2.45) is 17.8 Å². The molecule has 4 rings (SSSR count). The number of benzene rings is 2. The van der Waals surface area contributed by atoms with Crippen molar-refractivity contribution >= 4 is 46.7 Å². The van der Waals surface area contributed by atoms with Gasteiger partial charge in [0, 0.05) is 5.02 Å². The molecule has 0 aromatic heterocycles. The molecule has 1 saturated carbocycles. The van der Waals surface area contributed by atoms with Gasteiger partial charge in [-0.3, -0.25) is 14.5 Å². The van der Waals surface area contributed by atoms with Crippen molar-refractivity contribution in [1.82, 2.24) is 0 Å². The van der Waals surface area contributed by atoms with Gasteiger partial charge >= 0.3 is 5.97 Å². The molecule has 150 valence electrons. The number of amides is 2. The highest BCUT2D eigenvalue weighted by Crippen LogP contribution is 2.42. The first-order valence-electron chi connectivity index (χ1n) is 9.50. The van der Waals surface area contributed by atoms with Crippen LogP contribution in [0.1, 0.15) is 36.5 Å². The first-order chi connectivity index (χ1) is 13.8. The molecule has 0 spiro atoms. The molecule has 2 aromatic rings. The Balaban J connectivity index is 1.58. The van der Waals surface area contributed by atoms with Gasteiger partial charge in [0.15, 0.2) is 0 Å². The Kier molecular flexibility index (Phi) is 5.36. The zero-order valence-electron chi connectivity index (χ0n) is 15.7. The number of fused-ring (bicyclic) bond motifs is 1. The Labute approximate surface area is 178 Å². The molecule has 1 heterocycles. The third-order valence-electron chi connectivity index (χ3n) is 5.62. The fraction of sp³-hybridized carbons (Fsp3) is 0.318. The van der Waals surface area contributed by atoms with Crippen molar-refractivity contribution in [2.45, 2.75) is 26.2 Å². The van der Waals surface area contributed by atoms with Gasteiger partial charge in [-0.05, 0) is 61.6 Å². The molecule has 5 nitrogen and oxygen atoms in total. The second kappa shape index (κ2) is 7.81. The van der Waals surface area contributed by atoms with Gasteiger partial charge in [0.25, 0.3) is 0 Å². The topological polar surface area (TPSA) is 63.7 Å². The zero-order valence-corrected chi connectivity index (χ0v) is 17.2. The van der Waals surface area contributed by atoms with E-state index >= 15 is 0 Å². The Hall–Kier alpha value is -2.37. The van der Waals surface area contributed by atoms with E-state index < -0.39 is 5.97 Å². The number of carbonyl (C=O) groups excluding carboxylic acids is 3. The van der Waals surface area contributed by atoms with E-state index in [-0.39, 0.29) is 40.0 Å². The van der Waals surface area contributed by atoms with Gasteiger partial charge in [0.05, 0.1) is 28.1 Å². The van der Waals surface area contributed by atoms with Crippen LogP contribution in [0.25, 0.3) is 0 Å². The molecule has 2 aliphatic rings. The lowest BCUT2D eigenvalue weighted by Crippen LogP contribution is -2.31. The first-order valence-corrected chi connectivity index (χ1v) is 10.3. The Morgan fingerprint density at radius 1 is 1.03 bits per heavy atom. The molecule has 0 unspecified atom stereocenters. The fourth-order valence-electron chi connectivity index (χ4n) is 4.13. The van der Waals surface area contributed by atoms with E-state index in [0.717, 1.165) is 19.3 Å². The number of hydrogen-bond donors (Lipinski definition) is 0. The van der Waals surface area contributed by atoms with Gasteiger partial charge in [-0.2, -0.15) is 0 Å². The predicted octanol–water partition coefficient (Wildman–Crippen LogP) is 5.14. The summed E-state index contributed by atoms with van der Waals surface area (Å²) in [4.78, 5) is 39.6. The lowest BCUT2D eigenvalue weighted by atomic mass is 9.76. The largest absolute Gasteiger partial charge is 0.421 e. The van der Waals surface area contributed by atoms with Crippen LogP contribution in [0.4, 0.5) is 5.69 Å². The Bertz CT molecular complexity index is 1010. The van der Waals surface area contributed by atoms with Crippen LogP contribution in [0, 0.1) is 17.8 Å². The number of ether oxygens (including phenoxy) is 1. The van der Waals surface area contributed by atoms with E-state index in [1.165, 1.54) is 23.1 Å². The second-order valence-electron chi connectivity index (χ2n) is 7.66. The summed E-state index contributed by atoms with van der Waals surface area (Å²) in [6, 6.07) is 10.9. The summed E-state index contributed by atoms with van der Waals surface area (Å²) in [5.74, 6) is -0.924. The first kappa shape index (κ1) is 19.9. The van der Waals surface area contributed by atoms with Crippen LogP contribution >= 0.6 is 23.2 Å². The highest BCUT2D eigenvalue weighted by molar-refractivity contribution is 6.35. The minimum Gasteiger partial charge on any atom is -0.421 e. The van der Waals surface area contributed by atoms with Gasteiger partial charge in [0.1, 0.15) is 5.75 Å². The summed E-state index contributed by atoms with van der Waals surface area (Å²) in [5.41, 5.74) is 0.607. The second-order valence-corrected chi connectivity index (χ2v) is 8.50. The van der Waals surface area contributed by atoms with Crippen molar-refractivity contribution < 1.29 is 19.1 Å². The molecule has 2 amide bonds. The van der Waals surface area contributed by atoms with Crippen molar-refractivity contribution in [3.63, 3.8) is 0 Å². The molecular formula is C22H19Cl2NO4. The lowest BCUT2D eigenvalue weighted by molar-refractivity contribution is -0.122. The van der Waals surface area contributed by atoms with Crippen LogP contribution in [0.2, 0.25) is 10.0 Å². The molecule has 29 heavy (non-hydrogen) atoms. The minimum atomic E-state index is -0.638. The molecule has 2 aromatic carbocycles. The van der Waals surface area contributed by atoms with Crippen LogP contribution in [0.3, 0.4) is 0 Å². The molecule has 1 aliphatic heterocycles. The van der Waals surface area contributed by atoms with Crippen LogP contribution in [-0.2, 0) is 9.59 Å². The number of esters is 1. The number of halogens is 2. The van der Waals surface area contributed by atoms with Gasteiger partial charge in [-0.25, -0.2) is 4.79 Å². The van der Waals surface area contributed by atoms with E-state index in [1.54, 1.807) is 24.3 Å². The quantitative estimate of drug-likeness (QED) is 0.383. The van der Waals surface area contributed by atoms with E-state index in [2.05, 4.69) is 6.92 Å². The Morgan fingerprint density at radius 3 is 2.55 bits per heavy atom. The number of anilines is 1. The van der Waals surface area contributed by atoms with E-state index in [0.29, 0.717) is 16.6 Å². The fourth-order valence-corrected chi connectivity index (χ4v) is 4.58. The van der Waals surface area contributed by atoms with E-state index in [4.69, 9.17) is 27.9 Å². The van der Waals surface area contributed by atoms with Crippen LogP contribution in [0.15, 0.2) is 42.5 Å². The van der Waals surface area contributed by atoms with Gasteiger partial charge in [0.2, 0.25) is 11.8 Å². The van der Waals surface area contributed by atoms with E-state index in [1.807, 2.05) is 0 Å². The molecular weight excluding hydrogens is 413 g/mol. The lowest BCUT2D eigenvalue weighted by Gasteiger charge is -2.25. The third kappa shape index (κ3) is 3.77. The number of carbonyl (C=O) groups is 3. The maximum absolute atomic E-state index is 12.9. The summed E-state index contributed by atoms with van der Waals surface area (Å²) in [6.45, 7) is 2.11. The monoisotopic (exact) mass is 431 g/mol. The summed E-state index contributed by atoms with van der Waals surface area (Å²) in [6.07, 6.45) is 2.40. The van der Waals surface area contributed by atoms with Crippen LogP contribution in [0.5, 0.6) is 5.75 Å². The van der Waals surface area contributed by atoms with Crippen LogP contribution < -0.4 is 9.64 Å². The van der Waals surface area contributed by atoms with E-state index in [9.17, 15) is 14.4 Å². The molecule has 3 atom stereocenters. The molecule has 1 saturated heterocycles. The molecule has 1 aliphatic carbocycles. The highest BCUT2D eigenvalue weighted by atomic mass is 35.5. The smallest absolute Gasteiger partial charge is 0.343 e. The molecule has 2 fully saturated rings. The van der Waals surface area contributed by atoms with Crippen LogP contribution in [-0.4, -0.2) is 17.8 Å². The van der Waals surface area contributed by atoms with Crippen molar-refractivity contribution in [3.8, 4) is 5.75 Å². The molecule has 7 heteroatoms. The average Bonchev–Trinajstić information content (AvgIpc) is 2.94. The third-order valence-corrected chi connectivity index (χ3v) is 6.15. The number of hydrogen-bond acceptors (Lipinski definition) is 4. The van der Waals surface area contributed by atoms with Crippen molar-refractivity contribution in [2.75, 3.05) is 4.90 Å². The van der Waals surface area contributed by atoms with Crippen molar-refractivity contribution in [1.29, 1.82) is 0 Å². The Morgan fingerprint density at radius 2 is 1.79 bits per heavy atom. The average molecular weight is 432 g/mol. The maximum atomic E-state index is 12.9. The predicted molar refractivity (Wildman–Crippen MR) is 110 cm³/mol. The van der Waals surface area contributed by atoms with Gasteiger partial charge in [-0.15, -0.1) is 0 Å². The molecule has 0 radical (unpaired) electrons.